The highest BCUT2D eigenvalue weighted by molar-refractivity contribution is 7.89. The van der Waals surface area contributed by atoms with E-state index in [2.05, 4.69) is 0 Å². The Labute approximate surface area is 155 Å². The van der Waals surface area contributed by atoms with E-state index in [0.717, 1.165) is 28.9 Å². The van der Waals surface area contributed by atoms with Crippen LogP contribution in [0.15, 0.2) is 23.1 Å². The minimum absolute atomic E-state index is 0.0471. The quantitative estimate of drug-likeness (QED) is 0.686. The number of hydrogen-bond donors (Lipinski definition) is 0. The maximum atomic E-state index is 13.8. The van der Waals surface area contributed by atoms with Crippen LogP contribution in [0.4, 0.5) is 8.78 Å². The first kappa shape index (κ1) is 19.7. The summed E-state index contributed by atoms with van der Waals surface area (Å²) in [5, 5.41) is 0. The smallest absolute Gasteiger partial charge is 0.309 e. The van der Waals surface area contributed by atoms with E-state index >= 15 is 0 Å². The molecular weight excluding hydrogens is 382 g/mol. The van der Waals surface area contributed by atoms with Crippen LogP contribution in [0, 0.1) is 23.5 Å². The van der Waals surface area contributed by atoms with Crippen molar-refractivity contribution < 1.29 is 31.5 Å². The highest BCUT2D eigenvalue weighted by Crippen LogP contribution is 2.38. The first-order valence-corrected chi connectivity index (χ1v) is 10.0. The van der Waals surface area contributed by atoms with Crippen LogP contribution in [0.1, 0.15) is 13.3 Å². The molecule has 0 bridgehead atoms. The zero-order valence-electron chi connectivity index (χ0n) is 14.7. The average molecular weight is 402 g/mol. The Morgan fingerprint density at radius 2 is 1.70 bits per heavy atom. The molecule has 0 unspecified atom stereocenters. The van der Waals surface area contributed by atoms with Gasteiger partial charge >= 0.3 is 5.97 Å². The van der Waals surface area contributed by atoms with Crippen LogP contribution >= 0.6 is 0 Å². The summed E-state index contributed by atoms with van der Waals surface area (Å²) in [7, 11) is -4.35. The molecule has 1 amide bonds. The van der Waals surface area contributed by atoms with Gasteiger partial charge in [0.15, 0.2) is 11.5 Å². The monoisotopic (exact) mass is 402 g/mol. The second-order valence-electron chi connectivity index (χ2n) is 6.76. The van der Waals surface area contributed by atoms with Crippen LogP contribution < -0.4 is 0 Å². The van der Waals surface area contributed by atoms with Crippen LogP contribution in [0.3, 0.4) is 0 Å². The molecule has 1 aromatic carbocycles. The SMILES string of the molecule is C[C@@H]1C[C@@H]1C(=O)OCC(=O)N1CCN(S(=O)(=O)c2c(F)cccc2F)CC1. The van der Waals surface area contributed by atoms with Crippen LogP contribution in [-0.4, -0.2) is 62.3 Å². The van der Waals surface area contributed by atoms with E-state index in [1.54, 1.807) is 0 Å². The topological polar surface area (TPSA) is 84.0 Å². The van der Waals surface area contributed by atoms with Crippen molar-refractivity contribution in [3.05, 3.63) is 29.8 Å². The van der Waals surface area contributed by atoms with Crippen LogP contribution in [-0.2, 0) is 24.3 Å². The number of halogens is 2. The molecule has 27 heavy (non-hydrogen) atoms. The number of nitrogens with zero attached hydrogens (tertiary/aromatic N) is 2. The molecule has 7 nitrogen and oxygen atoms in total. The maximum absolute atomic E-state index is 13.8. The summed E-state index contributed by atoms with van der Waals surface area (Å²) in [6.45, 7) is 1.42. The van der Waals surface area contributed by atoms with Gasteiger partial charge in [0.1, 0.15) is 11.6 Å². The van der Waals surface area contributed by atoms with Crippen molar-refractivity contribution in [2.45, 2.75) is 18.2 Å². The number of benzene rings is 1. The van der Waals surface area contributed by atoms with Gasteiger partial charge in [0.25, 0.3) is 5.91 Å². The number of amides is 1. The number of piperazine rings is 1. The minimum atomic E-state index is -4.35. The Morgan fingerprint density at radius 3 is 2.22 bits per heavy atom. The van der Waals surface area contributed by atoms with Crippen molar-refractivity contribution in [3.63, 3.8) is 0 Å². The number of sulfonamides is 1. The molecule has 0 radical (unpaired) electrons. The van der Waals surface area contributed by atoms with Crippen molar-refractivity contribution in [1.82, 2.24) is 9.21 Å². The Bertz CT molecular complexity index is 833. The fourth-order valence-corrected chi connectivity index (χ4v) is 4.55. The summed E-state index contributed by atoms with van der Waals surface area (Å²) < 4.78 is 58.6. The summed E-state index contributed by atoms with van der Waals surface area (Å²) in [6.07, 6.45) is 0.760. The van der Waals surface area contributed by atoms with Crippen molar-refractivity contribution in [2.75, 3.05) is 32.8 Å². The molecule has 1 saturated heterocycles. The Kier molecular flexibility index (Phi) is 5.48. The molecule has 1 saturated carbocycles. The van der Waals surface area contributed by atoms with E-state index in [9.17, 15) is 26.8 Å². The fourth-order valence-electron chi connectivity index (χ4n) is 3.02. The Balaban J connectivity index is 1.56. The Morgan fingerprint density at radius 1 is 1.15 bits per heavy atom. The molecule has 3 rings (SSSR count). The lowest BCUT2D eigenvalue weighted by Crippen LogP contribution is -2.51. The number of hydrogen-bond acceptors (Lipinski definition) is 5. The lowest BCUT2D eigenvalue weighted by Gasteiger charge is -2.33. The van der Waals surface area contributed by atoms with Gasteiger partial charge < -0.3 is 9.64 Å². The average Bonchev–Trinajstić information content (AvgIpc) is 3.36. The van der Waals surface area contributed by atoms with Crippen LogP contribution in [0.5, 0.6) is 0 Å². The third kappa shape index (κ3) is 4.11. The van der Waals surface area contributed by atoms with Crippen LogP contribution in [0.25, 0.3) is 0 Å². The fraction of sp³-hybridized carbons (Fsp3) is 0.529. The van der Waals surface area contributed by atoms with Gasteiger partial charge in [-0.3, -0.25) is 9.59 Å². The van der Waals surface area contributed by atoms with E-state index in [4.69, 9.17) is 4.74 Å². The van der Waals surface area contributed by atoms with Gasteiger partial charge in [-0.2, -0.15) is 4.31 Å². The summed E-state index contributed by atoms with van der Waals surface area (Å²) in [4.78, 5) is 24.2. The number of ether oxygens (including phenoxy) is 1. The van der Waals surface area contributed by atoms with Gasteiger partial charge in [-0.25, -0.2) is 17.2 Å². The summed E-state index contributed by atoms with van der Waals surface area (Å²) in [5.74, 6) is -3.00. The lowest BCUT2D eigenvalue weighted by atomic mass is 10.3. The number of carbonyl (C=O) groups excluding carboxylic acids is 2. The van der Waals surface area contributed by atoms with Gasteiger partial charge in [-0.1, -0.05) is 13.0 Å². The van der Waals surface area contributed by atoms with E-state index in [1.165, 1.54) is 4.90 Å². The van der Waals surface area contributed by atoms with Gasteiger partial charge in [0.05, 0.1) is 5.92 Å². The van der Waals surface area contributed by atoms with E-state index in [-0.39, 0.29) is 38.0 Å². The van der Waals surface area contributed by atoms with Gasteiger partial charge in [0, 0.05) is 26.2 Å². The predicted molar refractivity (Wildman–Crippen MR) is 89.9 cm³/mol. The molecule has 1 aliphatic heterocycles. The highest BCUT2D eigenvalue weighted by atomic mass is 32.2. The van der Waals surface area contributed by atoms with Crippen molar-refractivity contribution in [2.24, 2.45) is 11.8 Å². The molecule has 2 atom stereocenters. The van der Waals surface area contributed by atoms with Gasteiger partial charge in [0.2, 0.25) is 10.0 Å². The van der Waals surface area contributed by atoms with E-state index in [1.807, 2.05) is 6.92 Å². The molecular formula is C17H20F2N2O5S. The number of carbonyl (C=O) groups is 2. The largest absolute Gasteiger partial charge is 0.455 e. The molecule has 148 valence electrons. The maximum Gasteiger partial charge on any atom is 0.309 e. The normalized spacial score (nSPS) is 23.1. The van der Waals surface area contributed by atoms with Crippen LogP contribution in [0.2, 0.25) is 0 Å². The number of rotatable bonds is 5. The first-order chi connectivity index (χ1) is 12.7. The zero-order valence-corrected chi connectivity index (χ0v) is 15.5. The molecule has 1 heterocycles. The summed E-state index contributed by atoms with van der Waals surface area (Å²) in [6, 6.07) is 2.85. The second kappa shape index (κ2) is 7.51. The molecule has 2 aliphatic rings. The lowest BCUT2D eigenvalue weighted by molar-refractivity contribution is -0.153. The van der Waals surface area contributed by atoms with E-state index < -0.39 is 45.0 Å². The van der Waals surface area contributed by atoms with E-state index in [0.29, 0.717) is 0 Å². The highest BCUT2D eigenvalue weighted by Gasteiger charge is 2.41. The molecule has 1 aromatic rings. The molecule has 10 heteroatoms. The molecule has 2 fully saturated rings. The summed E-state index contributed by atoms with van der Waals surface area (Å²) >= 11 is 0. The zero-order chi connectivity index (χ0) is 19.8. The predicted octanol–water partition coefficient (Wildman–Crippen LogP) is 0.997. The first-order valence-electron chi connectivity index (χ1n) is 8.60. The third-order valence-corrected chi connectivity index (χ3v) is 6.81. The van der Waals surface area contributed by atoms with Crippen molar-refractivity contribution in [3.8, 4) is 0 Å². The molecule has 0 N–H and O–H groups in total. The minimum Gasteiger partial charge on any atom is -0.455 e. The third-order valence-electron chi connectivity index (χ3n) is 4.86. The van der Waals surface area contributed by atoms with Gasteiger partial charge in [-0.15, -0.1) is 0 Å². The molecule has 0 spiro atoms. The Hall–Kier alpha value is -2.07. The molecule has 1 aliphatic carbocycles. The second-order valence-corrected chi connectivity index (χ2v) is 8.64. The summed E-state index contributed by atoms with van der Waals surface area (Å²) in [5.41, 5.74) is 0. The number of esters is 1. The van der Waals surface area contributed by atoms with Crippen molar-refractivity contribution >= 4 is 21.9 Å². The molecule has 0 aromatic heterocycles. The van der Waals surface area contributed by atoms with Gasteiger partial charge in [-0.05, 0) is 24.5 Å². The standard InChI is InChI=1S/C17H20F2N2O5S/c1-11-9-12(11)17(23)26-10-15(22)20-5-7-21(8-6-20)27(24,25)16-13(18)3-2-4-14(16)19/h2-4,11-12H,5-10H2,1H3/t11-,12+/m1/s1. The van der Waals surface area contributed by atoms with Crippen molar-refractivity contribution in [1.29, 1.82) is 0 Å².